The van der Waals surface area contributed by atoms with Crippen molar-refractivity contribution in [1.29, 1.82) is 0 Å². The molecule has 1 heterocycles. The lowest BCUT2D eigenvalue weighted by Crippen LogP contribution is -2.22. The monoisotopic (exact) mass is 332 g/mol. The molecule has 0 saturated carbocycles. The highest BCUT2D eigenvalue weighted by molar-refractivity contribution is 5.97. The van der Waals surface area contributed by atoms with Gasteiger partial charge < -0.3 is 10.1 Å². The van der Waals surface area contributed by atoms with Gasteiger partial charge in [0.1, 0.15) is 5.69 Å². The Bertz CT molecular complexity index is 812. The largest absolute Gasteiger partial charge is 0.452 e. The molecule has 9 heteroatoms. The van der Waals surface area contributed by atoms with Crippen LogP contribution in [0.5, 0.6) is 0 Å². The Morgan fingerprint density at radius 2 is 2.08 bits per heavy atom. The predicted molar refractivity (Wildman–Crippen MR) is 84.7 cm³/mol. The van der Waals surface area contributed by atoms with Gasteiger partial charge in [-0.2, -0.15) is 5.10 Å². The topological polar surface area (TPSA) is 116 Å². The van der Waals surface area contributed by atoms with Crippen LogP contribution < -0.4 is 5.32 Å². The molecule has 0 saturated heterocycles. The molecule has 24 heavy (non-hydrogen) atoms. The van der Waals surface area contributed by atoms with Gasteiger partial charge in [-0.05, 0) is 25.0 Å². The minimum Gasteiger partial charge on any atom is -0.452 e. The van der Waals surface area contributed by atoms with E-state index in [1.165, 1.54) is 23.1 Å². The van der Waals surface area contributed by atoms with E-state index in [1.807, 2.05) is 0 Å². The summed E-state index contributed by atoms with van der Waals surface area (Å²) in [5, 5.41) is 17.3. The number of anilines is 1. The molecular formula is C15H16N4O5. The summed E-state index contributed by atoms with van der Waals surface area (Å²) in [6.45, 7) is 2.88. The number of nitro benzene ring substituents is 1. The summed E-state index contributed by atoms with van der Waals surface area (Å²) in [5.74, 6) is -1.36. The van der Waals surface area contributed by atoms with Crippen LogP contribution in [0.3, 0.4) is 0 Å². The van der Waals surface area contributed by atoms with E-state index >= 15 is 0 Å². The number of aryl methyl sites for hydroxylation is 2. The van der Waals surface area contributed by atoms with Crippen LogP contribution in [0.1, 0.15) is 21.5 Å². The number of nitrogens with one attached hydrogen (secondary N) is 1. The molecular weight excluding hydrogens is 316 g/mol. The summed E-state index contributed by atoms with van der Waals surface area (Å²) >= 11 is 0. The molecule has 0 aliphatic heterocycles. The summed E-state index contributed by atoms with van der Waals surface area (Å²) in [5.41, 5.74) is 1.47. The summed E-state index contributed by atoms with van der Waals surface area (Å²) in [4.78, 5) is 34.2. The third-order valence-corrected chi connectivity index (χ3v) is 3.45. The zero-order chi connectivity index (χ0) is 17.9. The van der Waals surface area contributed by atoms with E-state index in [1.54, 1.807) is 27.0 Å². The van der Waals surface area contributed by atoms with Crippen LogP contribution in [0.2, 0.25) is 0 Å². The van der Waals surface area contributed by atoms with Crippen LogP contribution in [-0.2, 0) is 16.6 Å². The number of nitro groups is 1. The first-order chi connectivity index (χ1) is 11.3. The lowest BCUT2D eigenvalue weighted by atomic mass is 10.1. The van der Waals surface area contributed by atoms with Gasteiger partial charge in [0, 0.05) is 19.3 Å². The number of ether oxygens (including phenoxy) is 1. The highest BCUT2D eigenvalue weighted by Gasteiger charge is 2.20. The van der Waals surface area contributed by atoms with E-state index in [4.69, 9.17) is 4.74 Å². The second-order valence-electron chi connectivity index (χ2n) is 5.19. The van der Waals surface area contributed by atoms with Crippen molar-refractivity contribution in [2.45, 2.75) is 13.8 Å². The molecule has 0 aliphatic rings. The first-order valence-corrected chi connectivity index (χ1v) is 7.00. The van der Waals surface area contributed by atoms with Gasteiger partial charge in [0.05, 0.1) is 16.7 Å². The molecule has 0 atom stereocenters. The number of rotatable bonds is 5. The number of aromatic nitrogens is 2. The van der Waals surface area contributed by atoms with Crippen LogP contribution in [0.25, 0.3) is 0 Å². The summed E-state index contributed by atoms with van der Waals surface area (Å²) in [7, 11) is 1.64. The Labute approximate surface area is 137 Å². The second-order valence-corrected chi connectivity index (χ2v) is 5.19. The number of esters is 1. The standard InChI is InChI=1S/C15H16N4O5/c1-9-4-5-12(19(22)23)14(10(9)2)17-13(20)8-24-15(21)11-6-16-18(3)7-11/h4-7H,8H2,1-3H3,(H,17,20). The average Bonchev–Trinajstić information content (AvgIpc) is 2.96. The minimum absolute atomic E-state index is 0.0995. The maximum atomic E-state index is 12.0. The normalized spacial score (nSPS) is 10.3. The highest BCUT2D eigenvalue weighted by Crippen LogP contribution is 2.30. The van der Waals surface area contributed by atoms with Gasteiger partial charge in [0.2, 0.25) is 0 Å². The van der Waals surface area contributed by atoms with Crippen LogP contribution in [0, 0.1) is 24.0 Å². The first kappa shape index (κ1) is 17.1. The van der Waals surface area contributed by atoms with Crippen molar-refractivity contribution in [3.05, 3.63) is 51.3 Å². The number of hydrogen-bond donors (Lipinski definition) is 1. The van der Waals surface area contributed by atoms with Gasteiger partial charge in [-0.25, -0.2) is 4.79 Å². The molecule has 2 rings (SSSR count). The lowest BCUT2D eigenvalue weighted by Gasteiger charge is -2.11. The molecule has 9 nitrogen and oxygen atoms in total. The van der Waals surface area contributed by atoms with Crippen LogP contribution in [0.4, 0.5) is 11.4 Å². The van der Waals surface area contributed by atoms with E-state index in [9.17, 15) is 19.7 Å². The van der Waals surface area contributed by atoms with Gasteiger partial charge in [0.25, 0.3) is 11.6 Å². The van der Waals surface area contributed by atoms with Gasteiger partial charge in [-0.15, -0.1) is 0 Å². The number of benzene rings is 1. The molecule has 2 aromatic rings. The third-order valence-electron chi connectivity index (χ3n) is 3.45. The molecule has 126 valence electrons. The Morgan fingerprint density at radius 1 is 1.38 bits per heavy atom. The van der Waals surface area contributed by atoms with E-state index in [2.05, 4.69) is 10.4 Å². The summed E-state index contributed by atoms with van der Waals surface area (Å²) in [6.07, 6.45) is 2.77. The molecule has 0 unspecified atom stereocenters. The van der Waals surface area contributed by atoms with Crippen molar-refractivity contribution in [2.75, 3.05) is 11.9 Å². The van der Waals surface area contributed by atoms with Crippen LogP contribution >= 0.6 is 0 Å². The molecule has 1 aromatic heterocycles. The summed E-state index contributed by atoms with van der Waals surface area (Å²) < 4.78 is 6.30. The fourth-order valence-corrected chi connectivity index (χ4v) is 2.03. The fourth-order valence-electron chi connectivity index (χ4n) is 2.03. The van der Waals surface area contributed by atoms with E-state index < -0.39 is 23.4 Å². The smallest absolute Gasteiger partial charge is 0.341 e. The Balaban J connectivity index is 2.06. The van der Waals surface area contributed by atoms with Gasteiger partial charge in [-0.1, -0.05) is 6.07 Å². The highest BCUT2D eigenvalue weighted by atomic mass is 16.6. The van der Waals surface area contributed by atoms with Gasteiger partial charge in [0.15, 0.2) is 6.61 Å². The molecule has 0 fully saturated rings. The van der Waals surface area contributed by atoms with Gasteiger partial charge in [-0.3, -0.25) is 19.6 Å². The molecule has 1 aromatic carbocycles. The van der Waals surface area contributed by atoms with Crippen LogP contribution in [0.15, 0.2) is 24.5 Å². The lowest BCUT2D eigenvalue weighted by molar-refractivity contribution is -0.384. The first-order valence-electron chi connectivity index (χ1n) is 7.00. The molecule has 0 radical (unpaired) electrons. The molecule has 0 bridgehead atoms. The molecule has 1 amide bonds. The van der Waals surface area contributed by atoms with Crippen molar-refractivity contribution in [2.24, 2.45) is 7.05 Å². The minimum atomic E-state index is -0.700. The number of carbonyl (C=O) groups excluding carboxylic acids is 2. The van der Waals surface area contributed by atoms with Gasteiger partial charge >= 0.3 is 5.97 Å². The van der Waals surface area contributed by atoms with Crippen LogP contribution in [-0.4, -0.2) is 33.2 Å². The fraction of sp³-hybridized carbons (Fsp3) is 0.267. The van der Waals surface area contributed by atoms with Crippen molar-refractivity contribution in [1.82, 2.24) is 9.78 Å². The molecule has 0 spiro atoms. The number of carbonyl (C=O) groups is 2. The zero-order valence-corrected chi connectivity index (χ0v) is 13.4. The third kappa shape index (κ3) is 3.75. The van der Waals surface area contributed by atoms with Crippen molar-refractivity contribution in [3.63, 3.8) is 0 Å². The zero-order valence-electron chi connectivity index (χ0n) is 13.4. The maximum absolute atomic E-state index is 12.0. The Kier molecular flexibility index (Phi) is 4.93. The quantitative estimate of drug-likeness (QED) is 0.506. The van der Waals surface area contributed by atoms with Crippen molar-refractivity contribution < 1.29 is 19.2 Å². The Morgan fingerprint density at radius 3 is 2.67 bits per heavy atom. The predicted octanol–water partition coefficient (Wildman–Crippen LogP) is 1.74. The summed E-state index contributed by atoms with van der Waals surface area (Å²) in [6, 6.07) is 2.92. The van der Waals surface area contributed by atoms with E-state index in [0.717, 1.165) is 5.56 Å². The number of amides is 1. The van der Waals surface area contributed by atoms with E-state index in [0.29, 0.717) is 5.56 Å². The number of hydrogen-bond acceptors (Lipinski definition) is 6. The maximum Gasteiger partial charge on any atom is 0.341 e. The number of nitrogens with zero attached hydrogens (tertiary/aromatic N) is 3. The second kappa shape index (κ2) is 6.90. The van der Waals surface area contributed by atoms with E-state index in [-0.39, 0.29) is 16.9 Å². The van der Waals surface area contributed by atoms with Crippen molar-refractivity contribution in [3.8, 4) is 0 Å². The van der Waals surface area contributed by atoms with Crippen molar-refractivity contribution >= 4 is 23.3 Å². The Hall–Kier alpha value is -3.23. The molecule has 1 N–H and O–H groups in total. The molecule has 0 aliphatic carbocycles. The average molecular weight is 332 g/mol. The SMILES string of the molecule is Cc1ccc([N+](=O)[O-])c(NC(=O)COC(=O)c2cnn(C)c2)c1C.